The Kier molecular flexibility index (Phi) is 6.12. The highest BCUT2D eigenvalue weighted by Crippen LogP contribution is 2.29. The van der Waals surface area contributed by atoms with E-state index in [9.17, 15) is 0 Å². The van der Waals surface area contributed by atoms with E-state index in [1.165, 1.54) is 0 Å². The van der Waals surface area contributed by atoms with E-state index in [2.05, 4.69) is 38.2 Å². The smallest absolute Gasteiger partial charge is 0.134 e. The van der Waals surface area contributed by atoms with Gasteiger partial charge in [-0.2, -0.15) is 0 Å². The van der Waals surface area contributed by atoms with Gasteiger partial charge in [0, 0.05) is 5.39 Å². The average Bonchev–Trinajstić information content (AvgIpc) is 2.92. The van der Waals surface area contributed by atoms with Crippen LogP contribution in [0.15, 0.2) is 28.7 Å². The van der Waals surface area contributed by atoms with Crippen LogP contribution in [0.1, 0.15) is 58.3 Å². The Labute approximate surface area is 127 Å². The minimum atomic E-state index is 0.308. The molecule has 3 nitrogen and oxygen atoms in total. The number of hydrogen-bond donors (Lipinski definition) is 1. The highest BCUT2D eigenvalue weighted by atomic mass is 16.5. The topological polar surface area (TPSA) is 34.4 Å². The lowest BCUT2D eigenvalue weighted by Crippen LogP contribution is -2.21. The van der Waals surface area contributed by atoms with Crippen LogP contribution in [-0.4, -0.2) is 13.2 Å². The largest absolute Gasteiger partial charge is 0.494 e. The van der Waals surface area contributed by atoms with Gasteiger partial charge in [0.25, 0.3) is 0 Å². The standard InChI is InChI=1S/C18H27NO2/c1-4-7-16(19-10-5-2)18-13-14-12-15(20-11-6-3)8-9-17(14)21-18/h8-9,12-13,16,19H,4-7,10-11H2,1-3H3. The van der Waals surface area contributed by atoms with Gasteiger partial charge in [-0.05, 0) is 50.1 Å². The zero-order valence-corrected chi connectivity index (χ0v) is 13.4. The first-order valence-corrected chi connectivity index (χ1v) is 8.18. The Bertz CT molecular complexity index is 547. The molecule has 0 saturated carbocycles. The molecule has 0 fully saturated rings. The van der Waals surface area contributed by atoms with Crippen molar-refractivity contribution in [3.8, 4) is 5.75 Å². The number of rotatable bonds is 9. The number of fused-ring (bicyclic) bond motifs is 1. The SMILES string of the molecule is CCCNC(CCC)c1cc2cc(OCCC)ccc2o1. The molecule has 0 amide bonds. The van der Waals surface area contributed by atoms with E-state index < -0.39 is 0 Å². The third-order valence-electron chi connectivity index (χ3n) is 3.54. The van der Waals surface area contributed by atoms with Gasteiger partial charge in [-0.3, -0.25) is 0 Å². The van der Waals surface area contributed by atoms with Crippen molar-refractivity contribution < 1.29 is 9.15 Å². The second kappa shape index (κ2) is 8.08. The Morgan fingerprint density at radius 1 is 1.10 bits per heavy atom. The Morgan fingerprint density at radius 3 is 2.67 bits per heavy atom. The van der Waals surface area contributed by atoms with Crippen LogP contribution in [0.25, 0.3) is 11.0 Å². The molecule has 0 saturated heterocycles. The van der Waals surface area contributed by atoms with E-state index in [4.69, 9.17) is 9.15 Å². The Morgan fingerprint density at radius 2 is 1.95 bits per heavy atom. The van der Waals surface area contributed by atoms with Crippen LogP contribution in [0.5, 0.6) is 5.75 Å². The van der Waals surface area contributed by atoms with Crippen molar-refractivity contribution in [1.82, 2.24) is 5.32 Å². The zero-order valence-electron chi connectivity index (χ0n) is 13.4. The van der Waals surface area contributed by atoms with Crippen molar-refractivity contribution in [3.63, 3.8) is 0 Å². The summed E-state index contributed by atoms with van der Waals surface area (Å²) in [6, 6.07) is 8.52. The van der Waals surface area contributed by atoms with Crippen LogP contribution in [0.3, 0.4) is 0 Å². The molecule has 116 valence electrons. The van der Waals surface area contributed by atoms with Gasteiger partial charge in [-0.15, -0.1) is 0 Å². The molecule has 1 aromatic heterocycles. The second-order valence-corrected chi connectivity index (χ2v) is 5.49. The minimum absolute atomic E-state index is 0.308. The highest BCUT2D eigenvalue weighted by Gasteiger charge is 2.15. The monoisotopic (exact) mass is 289 g/mol. The maximum Gasteiger partial charge on any atom is 0.134 e. The molecule has 1 N–H and O–H groups in total. The van der Waals surface area contributed by atoms with E-state index in [-0.39, 0.29) is 0 Å². The maximum absolute atomic E-state index is 6.02. The van der Waals surface area contributed by atoms with Gasteiger partial charge in [-0.1, -0.05) is 27.2 Å². The fourth-order valence-corrected chi connectivity index (χ4v) is 2.48. The third kappa shape index (κ3) is 4.24. The summed E-state index contributed by atoms with van der Waals surface area (Å²) in [6.07, 6.45) is 4.39. The van der Waals surface area contributed by atoms with Crippen molar-refractivity contribution in [1.29, 1.82) is 0 Å². The Balaban J connectivity index is 2.19. The lowest BCUT2D eigenvalue weighted by atomic mass is 10.1. The quantitative estimate of drug-likeness (QED) is 0.700. The van der Waals surface area contributed by atoms with Gasteiger partial charge < -0.3 is 14.5 Å². The molecule has 2 aromatic rings. The number of hydrogen-bond acceptors (Lipinski definition) is 3. The molecular formula is C18H27NO2. The van der Waals surface area contributed by atoms with E-state index in [0.717, 1.165) is 61.3 Å². The molecule has 1 atom stereocenters. The molecule has 0 aliphatic carbocycles. The summed E-state index contributed by atoms with van der Waals surface area (Å²) in [4.78, 5) is 0. The molecule has 0 spiro atoms. The minimum Gasteiger partial charge on any atom is -0.494 e. The normalized spacial score (nSPS) is 12.7. The van der Waals surface area contributed by atoms with Crippen LogP contribution < -0.4 is 10.1 Å². The lowest BCUT2D eigenvalue weighted by molar-refractivity contribution is 0.318. The average molecular weight is 289 g/mol. The van der Waals surface area contributed by atoms with Crippen LogP contribution in [0.2, 0.25) is 0 Å². The van der Waals surface area contributed by atoms with Crippen molar-refractivity contribution in [2.75, 3.05) is 13.2 Å². The summed E-state index contributed by atoms with van der Waals surface area (Å²) in [5.41, 5.74) is 0.938. The number of ether oxygens (including phenoxy) is 1. The van der Waals surface area contributed by atoms with Gasteiger partial charge >= 0.3 is 0 Å². The third-order valence-corrected chi connectivity index (χ3v) is 3.54. The van der Waals surface area contributed by atoms with Gasteiger partial charge in [0.2, 0.25) is 0 Å². The summed E-state index contributed by atoms with van der Waals surface area (Å²) in [5, 5.41) is 4.69. The Hall–Kier alpha value is -1.48. The molecule has 2 rings (SSSR count). The van der Waals surface area contributed by atoms with Crippen LogP contribution in [0, 0.1) is 0 Å². The highest BCUT2D eigenvalue weighted by molar-refractivity contribution is 5.79. The van der Waals surface area contributed by atoms with Crippen molar-refractivity contribution in [2.45, 2.75) is 52.5 Å². The zero-order chi connectivity index (χ0) is 15.1. The molecule has 21 heavy (non-hydrogen) atoms. The van der Waals surface area contributed by atoms with E-state index >= 15 is 0 Å². The second-order valence-electron chi connectivity index (χ2n) is 5.49. The fourth-order valence-electron chi connectivity index (χ4n) is 2.48. The number of nitrogens with one attached hydrogen (secondary N) is 1. The molecule has 0 radical (unpaired) electrons. The molecule has 1 aromatic carbocycles. The summed E-state index contributed by atoms with van der Waals surface area (Å²) in [5.74, 6) is 1.96. The first kappa shape index (κ1) is 15.9. The predicted octanol–water partition coefficient (Wildman–Crippen LogP) is 5.06. The maximum atomic E-state index is 6.02. The molecule has 3 heteroatoms. The van der Waals surface area contributed by atoms with Gasteiger partial charge in [0.15, 0.2) is 0 Å². The summed E-state index contributed by atoms with van der Waals surface area (Å²) >= 11 is 0. The predicted molar refractivity (Wildman–Crippen MR) is 87.9 cm³/mol. The molecular weight excluding hydrogens is 262 g/mol. The van der Waals surface area contributed by atoms with E-state index in [1.54, 1.807) is 0 Å². The summed E-state index contributed by atoms with van der Waals surface area (Å²) < 4.78 is 11.7. The van der Waals surface area contributed by atoms with Crippen LogP contribution in [-0.2, 0) is 0 Å². The van der Waals surface area contributed by atoms with Gasteiger partial charge in [0.1, 0.15) is 17.1 Å². The molecule has 0 aliphatic heterocycles. The van der Waals surface area contributed by atoms with Crippen molar-refractivity contribution >= 4 is 11.0 Å². The van der Waals surface area contributed by atoms with Gasteiger partial charge in [-0.25, -0.2) is 0 Å². The lowest BCUT2D eigenvalue weighted by Gasteiger charge is -2.14. The molecule has 1 heterocycles. The van der Waals surface area contributed by atoms with E-state index in [0.29, 0.717) is 6.04 Å². The summed E-state index contributed by atoms with van der Waals surface area (Å²) in [6.45, 7) is 8.29. The number of benzene rings is 1. The van der Waals surface area contributed by atoms with Crippen molar-refractivity contribution in [3.05, 3.63) is 30.0 Å². The first-order chi connectivity index (χ1) is 10.3. The molecule has 0 aliphatic rings. The molecule has 1 unspecified atom stereocenters. The van der Waals surface area contributed by atoms with E-state index in [1.807, 2.05) is 12.1 Å². The molecule has 0 bridgehead atoms. The van der Waals surface area contributed by atoms with Gasteiger partial charge in [0.05, 0.1) is 12.6 Å². The van der Waals surface area contributed by atoms with Crippen LogP contribution in [0.4, 0.5) is 0 Å². The van der Waals surface area contributed by atoms with Crippen LogP contribution >= 0.6 is 0 Å². The number of furan rings is 1. The van der Waals surface area contributed by atoms with Crippen molar-refractivity contribution in [2.24, 2.45) is 0 Å². The summed E-state index contributed by atoms with van der Waals surface area (Å²) in [7, 11) is 0. The fraction of sp³-hybridized carbons (Fsp3) is 0.556. The first-order valence-electron chi connectivity index (χ1n) is 8.18.